The SMILES string of the molecule is CCCc1nnc(SCc2ccccc2Cl)o1.CCNc1nc(NCC)nc(SC)n1. The zero-order valence-electron chi connectivity index (χ0n) is 18.2. The summed E-state index contributed by atoms with van der Waals surface area (Å²) in [5.74, 6) is 2.70. The number of aryl methyl sites for hydroxylation is 1. The second-order valence-corrected chi connectivity index (χ2v) is 8.23. The number of nitrogens with zero attached hydrogens (tertiary/aromatic N) is 5. The van der Waals surface area contributed by atoms with Gasteiger partial charge in [-0.15, -0.1) is 10.2 Å². The van der Waals surface area contributed by atoms with E-state index in [2.05, 4.69) is 42.7 Å². The molecule has 2 N–H and O–H groups in total. The van der Waals surface area contributed by atoms with Crippen LogP contribution in [0.2, 0.25) is 5.02 Å². The standard InChI is InChI=1S/C12H13ClN2OS.C8H15N5S/c1-2-5-11-14-15-12(16-11)17-8-9-6-3-4-7-10(9)13;1-4-9-6-11-7(10-5-2)13-8(12-6)14-3/h3-4,6-7H,2,5,8H2,1H3;4-5H2,1-3H3,(H2,9,10,11,12,13). The van der Waals surface area contributed by atoms with Crippen LogP contribution in [0.1, 0.15) is 38.6 Å². The van der Waals surface area contributed by atoms with E-state index in [4.69, 9.17) is 16.0 Å². The average molecular weight is 482 g/mol. The van der Waals surface area contributed by atoms with Crippen molar-refractivity contribution in [2.24, 2.45) is 0 Å². The summed E-state index contributed by atoms with van der Waals surface area (Å²) in [6, 6.07) is 7.77. The zero-order valence-corrected chi connectivity index (χ0v) is 20.6. The molecule has 0 aliphatic carbocycles. The third kappa shape index (κ3) is 8.92. The molecule has 0 saturated heterocycles. The van der Waals surface area contributed by atoms with Gasteiger partial charge in [0.2, 0.25) is 17.8 Å². The summed E-state index contributed by atoms with van der Waals surface area (Å²) in [5.41, 5.74) is 1.08. The number of hydrogen-bond donors (Lipinski definition) is 2. The summed E-state index contributed by atoms with van der Waals surface area (Å²) in [6.45, 7) is 7.72. The lowest BCUT2D eigenvalue weighted by atomic mass is 10.2. The molecule has 0 aliphatic rings. The number of thioether (sulfide) groups is 2. The highest BCUT2D eigenvalue weighted by Crippen LogP contribution is 2.25. The second-order valence-electron chi connectivity index (χ2n) is 6.12. The molecular formula is C20H28ClN7OS2. The van der Waals surface area contributed by atoms with Gasteiger partial charge in [-0.3, -0.25) is 0 Å². The lowest BCUT2D eigenvalue weighted by Crippen LogP contribution is -2.09. The quantitative estimate of drug-likeness (QED) is 0.364. The Morgan fingerprint density at radius 3 is 2.23 bits per heavy atom. The summed E-state index contributed by atoms with van der Waals surface area (Å²) in [4.78, 5) is 12.6. The molecule has 0 bridgehead atoms. The van der Waals surface area contributed by atoms with Gasteiger partial charge < -0.3 is 15.1 Å². The molecule has 31 heavy (non-hydrogen) atoms. The smallest absolute Gasteiger partial charge is 0.276 e. The summed E-state index contributed by atoms with van der Waals surface area (Å²) in [5, 5.41) is 16.2. The molecule has 168 valence electrons. The number of nitrogens with one attached hydrogen (secondary N) is 2. The zero-order chi connectivity index (χ0) is 22.5. The molecule has 3 rings (SSSR count). The Morgan fingerprint density at radius 1 is 0.968 bits per heavy atom. The van der Waals surface area contributed by atoms with Gasteiger partial charge in [0.05, 0.1) is 0 Å². The molecule has 0 saturated carbocycles. The van der Waals surface area contributed by atoms with Crippen LogP contribution in [0.25, 0.3) is 0 Å². The predicted octanol–water partition coefficient (Wildman–Crippen LogP) is 5.42. The molecule has 0 fully saturated rings. The first kappa shape index (κ1) is 25.2. The highest BCUT2D eigenvalue weighted by atomic mass is 35.5. The van der Waals surface area contributed by atoms with Gasteiger partial charge in [-0.25, -0.2) is 0 Å². The fourth-order valence-corrected chi connectivity index (χ4v) is 3.71. The molecule has 0 radical (unpaired) electrons. The van der Waals surface area contributed by atoms with Gasteiger partial charge >= 0.3 is 0 Å². The van der Waals surface area contributed by atoms with Crippen molar-refractivity contribution in [1.29, 1.82) is 0 Å². The molecule has 8 nitrogen and oxygen atoms in total. The lowest BCUT2D eigenvalue weighted by molar-refractivity contribution is 0.411. The Balaban J connectivity index is 0.000000225. The van der Waals surface area contributed by atoms with Crippen LogP contribution in [0.4, 0.5) is 11.9 Å². The normalized spacial score (nSPS) is 10.4. The van der Waals surface area contributed by atoms with E-state index < -0.39 is 0 Å². The number of halogens is 1. The van der Waals surface area contributed by atoms with Gasteiger partial charge in [0.15, 0.2) is 5.16 Å². The van der Waals surface area contributed by atoms with Crippen LogP contribution in [0.15, 0.2) is 39.1 Å². The number of rotatable bonds is 10. The Morgan fingerprint density at radius 2 is 1.65 bits per heavy atom. The summed E-state index contributed by atoms with van der Waals surface area (Å²) in [6.07, 6.45) is 3.79. The van der Waals surface area contributed by atoms with Crippen LogP contribution < -0.4 is 10.6 Å². The van der Waals surface area contributed by atoms with Crippen molar-refractivity contribution in [1.82, 2.24) is 25.1 Å². The van der Waals surface area contributed by atoms with E-state index in [1.165, 1.54) is 23.5 Å². The monoisotopic (exact) mass is 481 g/mol. The van der Waals surface area contributed by atoms with Crippen LogP contribution in [-0.2, 0) is 12.2 Å². The first-order chi connectivity index (χ1) is 15.1. The highest BCUT2D eigenvalue weighted by molar-refractivity contribution is 7.98. The lowest BCUT2D eigenvalue weighted by Gasteiger charge is -2.06. The molecule has 2 heterocycles. The van der Waals surface area contributed by atoms with E-state index in [0.717, 1.165) is 47.4 Å². The van der Waals surface area contributed by atoms with Crippen LogP contribution >= 0.6 is 35.1 Å². The minimum atomic E-state index is 0.605. The average Bonchev–Trinajstić information content (AvgIpc) is 3.22. The van der Waals surface area contributed by atoms with Gasteiger partial charge in [-0.1, -0.05) is 60.2 Å². The molecule has 0 amide bonds. The van der Waals surface area contributed by atoms with Gasteiger partial charge in [0.1, 0.15) is 0 Å². The number of aromatic nitrogens is 5. The largest absolute Gasteiger partial charge is 0.416 e. The minimum Gasteiger partial charge on any atom is -0.416 e. The van der Waals surface area contributed by atoms with E-state index in [-0.39, 0.29) is 0 Å². The maximum atomic E-state index is 6.07. The molecule has 0 atom stereocenters. The second kappa shape index (κ2) is 14.1. The van der Waals surface area contributed by atoms with Crippen LogP contribution in [0.3, 0.4) is 0 Å². The molecule has 3 aromatic rings. The van der Waals surface area contributed by atoms with Crippen molar-refractivity contribution in [3.8, 4) is 0 Å². The Bertz CT molecular complexity index is 902. The van der Waals surface area contributed by atoms with Crippen molar-refractivity contribution in [2.45, 2.75) is 49.7 Å². The summed E-state index contributed by atoms with van der Waals surface area (Å²) < 4.78 is 5.48. The fourth-order valence-electron chi connectivity index (χ4n) is 2.29. The van der Waals surface area contributed by atoms with Crippen molar-refractivity contribution >= 4 is 47.0 Å². The van der Waals surface area contributed by atoms with Crippen LogP contribution in [-0.4, -0.2) is 44.5 Å². The number of hydrogen-bond acceptors (Lipinski definition) is 10. The Kier molecular flexibility index (Phi) is 11.5. The van der Waals surface area contributed by atoms with E-state index in [9.17, 15) is 0 Å². The summed E-state index contributed by atoms with van der Waals surface area (Å²) in [7, 11) is 0. The van der Waals surface area contributed by atoms with Gasteiger partial charge in [-0.05, 0) is 38.2 Å². The summed E-state index contributed by atoms with van der Waals surface area (Å²) >= 11 is 9.08. The van der Waals surface area contributed by atoms with Gasteiger partial charge in [0.25, 0.3) is 5.22 Å². The van der Waals surface area contributed by atoms with Crippen molar-refractivity contribution in [3.63, 3.8) is 0 Å². The maximum absolute atomic E-state index is 6.07. The van der Waals surface area contributed by atoms with E-state index >= 15 is 0 Å². The molecule has 0 unspecified atom stereocenters. The molecular weight excluding hydrogens is 454 g/mol. The van der Waals surface area contributed by atoms with E-state index in [1.807, 2.05) is 44.4 Å². The molecule has 1 aromatic carbocycles. The molecule has 2 aromatic heterocycles. The van der Waals surface area contributed by atoms with Crippen LogP contribution in [0.5, 0.6) is 0 Å². The first-order valence-electron chi connectivity index (χ1n) is 10.1. The third-order valence-electron chi connectivity index (χ3n) is 3.69. The van der Waals surface area contributed by atoms with E-state index in [1.54, 1.807) is 0 Å². The molecule has 0 spiro atoms. The maximum Gasteiger partial charge on any atom is 0.276 e. The predicted molar refractivity (Wildman–Crippen MR) is 129 cm³/mol. The van der Waals surface area contributed by atoms with Crippen molar-refractivity contribution in [2.75, 3.05) is 30.0 Å². The topological polar surface area (TPSA) is 102 Å². The number of anilines is 2. The van der Waals surface area contributed by atoms with Crippen molar-refractivity contribution in [3.05, 3.63) is 40.7 Å². The number of benzene rings is 1. The fraction of sp³-hybridized carbons (Fsp3) is 0.450. The van der Waals surface area contributed by atoms with Crippen LogP contribution in [0, 0.1) is 0 Å². The third-order valence-corrected chi connectivity index (χ3v) is 5.47. The molecule has 11 heteroatoms. The van der Waals surface area contributed by atoms with Gasteiger partial charge in [-0.2, -0.15) is 15.0 Å². The van der Waals surface area contributed by atoms with Crippen molar-refractivity contribution < 1.29 is 4.42 Å². The first-order valence-corrected chi connectivity index (χ1v) is 12.6. The Labute approximate surface area is 196 Å². The molecule has 0 aliphatic heterocycles. The van der Waals surface area contributed by atoms with E-state index in [0.29, 0.717) is 23.0 Å². The minimum absolute atomic E-state index is 0.605. The Hall–Kier alpha value is -2.04. The highest BCUT2D eigenvalue weighted by Gasteiger charge is 2.07. The van der Waals surface area contributed by atoms with Gasteiger partial charge in [0, 0.05) is 30.3 Å².